The molecule has 1 atom stereocenters. The minimum absolute atomic E-state index is 0. The van der Waals surface area contributed by atoms with Crippen LogP contribution in [0, 0.1) is 5.92 Å². The molecular formula is C18H26Cl2N4O. The number of aryl methyl sites for hydroxylation is 2. The van der Waals surface area contributed by atoms with Gasteiger partial charge in [-0.3, -0.25) is 4.79 Å². The summed E-state index contributed by atoms with van der Waals surface area (Å²) < 4.78 is 2.35. The number of nitrogens with one attached hydrogen (secondary N) is 2. The van der Waals surface area contributed by atoms with Crippen molar-refractivity contribution in [2.45, 2.75) is 45.1 Å². The highest BCUT2D eigenvalue weighted by atomic mass is 35.5. The van der Waals surface area contributed by atoms with Crippen molar-refractivity contribution in [3.63, 3.8) is 0 Å². The van der Waals surface area contributed by atoms with Gasteiger partial charge >= 0.3 is 0 Å². The first-order chi connectivity index (χ1) is 11.3. The Morgan fingerprint density at radius 2 is 2.08 bits per heavy atom. The Morgan fingerprint density at radius 1 is 1.20 bits per heavy atom. The second-order valence-electron chi connectivity index (χ2n) is 6.73. The third-order valence-electron chi connectivity index (χ3n) is 5.04. The zero-order valence-electron chi connectivity index (χ0n) is 14.3. The lowest BCUT2D eigenvalue weighted by Crippen LogP contribution is -2.37. The topological polar surface area (TPSA) is 59.0 Å². The van der Waals surface area contributed by atoms with Crippen molar-refractivity contribution in [1.82, 2.24) is 14.9 Å². The van der Waals surface area contributed by atoms with Gasteiger partial charge in [0.25, 0.3) is 0 Å². The Morgan fingerprint density at radius 3 is 2.88 bits per heavy atom. The van der Waals surface area contributed by atoms with E-state index in [0.29, 0.717) is 0 Å². The molecule has 138 valence electrons. The second-order valence-corrected chi connectivity index (χ2v) is 6.73. The van der Waals surface area contributed by atoms with Gasteiger partial charge in [0.2, 0.25) is 5.91 Å². The van der Waals surface area contributed by atoms with E-state index in [0.717, 1.165) is 50.1 Å². The molecule has 2 aromatic rings. The summed E-state index contributed by atoms with van der Waals surface area (Å²) >= 11 is 0. The highest BCUT2D eigenvalue weighted by molar-refractivity contribution is 5.94. The summed E-state index contributed by atoms with van der Waals surface area (Å²) in [5.74, 6) is 1.40. The van der Waals surface area contributed by atoms with E-state index >= 15 is 0 Å². The molecule has 0 radical (unpaired) electrons. The number of nitrogens with zero attached hydrogens (tertiary/aromatic N) is 2. The number of halogens is 2. The van der Waals surface area contributed by atoms with Gasteiger partial charge in [0.05, 0.1) is 17.0 Å². The van der Waals surface area contributed by atoms with Crippen LogP contribution < -0.4 is 10.6 Å². The van der Waals surface area contributed by atoms with Crippen molar-refractivity contribution in [1.29, 1.82) is 0 Å². The SMILES string of the molecule is Cl.Cl.O=C(Nc1ccc2c(c1)nc1n2CCCCC1)C1CCCNC1. The Kier molecular flexibility index (Phi) is 7.11. The fraction of sp³-hybridized carbons (Fsp3) is 0.556. The number of amides is 1. The molecule has 2 N–H and O–H groups in total. The van der Waals surface area contributed by atoms with E-state index in [1.165, 1.54) is 30.6 Å². The number of hydrogen-bond donors (Lipinski definition) is 2. The largest absolute Gasteiger partial charge is 0.328 e. The number of benzene rings is 1. The molecule has 0 aliphatic carbocycles. The van der Waals surface area contributed by atoms with Crippen LogP contribution in [0.4, 0.5) is 5.69 Å². The lowest BCUT2D eigenvalue weighted by molar-refractivity contribution is -0.120. The maximum Gasteiger partial charge on any atom is 0.228 e. The molecule has 1 saturated heterocycles. The predicted molar refractivity (Wildman–Crippen MR) is 106 cm³/mol. The predicted octanol–water partition coefficient (Wildman–Crippen LogP) is 3.54. The van der Waals surface area contributed by atoms with Gasteiger partial charge in [-0.25, -0.2) is 4.98 Å². The van der Waals surface area contributed by atoms with Gasteiger partial charge in [-0.2, -0.15) is 0 Å². The number of rotatable bonds is 2. The van der Waals surface area contributed by atoms with E-state index in [9.17, 15) is 4.79 Å². The normalized spacial score (nSPS) is 19.9. The average molecular weight is 385 g/mol. The molecule has 1 amide bonds. The Bertz CT molecular complexity index is 725. The Balaban J connectivity index is 0.00000113. The third kappa shape index (κ3) is 4.27. The molecule has 2 aliphatic rings. The molecule has 0 bridgehead atoms. The van der Waals surface area contributed by atoms with Crippen molar-refractivity contribution in [2.24, 2.45) is 5.92 Å². The number of aromatic nitrogens is 2. The first-order valence-electron chi connectivity index (χ1n) is 8.82. The molecule has 3 heterocycles. The van der Waals surface area contributed by atoms with E-state index in [-0.39, 0.29) is 36.6 Å². The van der Waals surface area contributed by atoms with E-state index in [1.807, 2.05) is 12.1 Å². The molecule has 7 heteroatoms. The summed E-state index contributed by atoms with van der Waals surface area (Å²) in [7, 11) is 0. The highest BCUT2D eigenvalue weighted by Crippen LogP contribution is 2.25. The number of anilines is 1. The minimum Gasteiger partial charge on any atom is -0.328 e. The fourth-order valence-corrected chi connectivity index (χ4v) is 3.75. The summed E-state index contributed by atoms with van der Waals surface area (Å²) in [4.78, 5) is 17.2. The molecule has 5 nitrogen and oxygen atoms in total. The summed E-state index contributed by atoms with van der Waals surface area (Å²) in [6.45, 7) is 2.87. The van der Waals surface area contributed by atoms with E-state index < -0.39 is 0 Å². The van der Waals surface area contributed by atoms with Crippen LogP contribution in [0.1, 0.15) is 37.9 Å². The standard InChI is InChI=1S/C18H24N4O.2ClH/c23-18(13-5-4-9-19-12-13)20-14-7-8-16-15(11-14)21-17-6-2-1-3-10-22(16)17;;/h7-8,11,13,19H,1-6,9-10,12H2,(H,20,23);2*1H. The van der Waals surface area contributed by atoms with E-state index in [4.69, 9.17) is 4.98 Å². The Hall–Kier alpha value is -1.30. The number of imidazole rings is 1. The van der Waals surface area contributed by atoms with Crippen LogP contribution in [-0.4, -0.2) is 28.5 Å². The molecule has 1 aromatic heterocycles. The van der Waals surface area contributed by atoms with Gasteiger partial charge < -0.3 is 15.2 Å². The number of carbonyl (C=O) groups excluding carboxylic acids is 1. The lowest BCUT2D eigenvalue weighted by Gasteiger charge is -2.21. The first kappa shape index (κ1) is 20.0. The summed E-state index contributed by atoms with van der Waals surface area (Å²) in [6.07, 6.45) is 6.84. The molecule has 4 rings (SSSR count). The van der Waals surface area contributed by atoms with Crippen LogP contribution in [0.2, 0.25) is 0 Å². The maximum absolute atomic E-state index is 12.4. The van der Waals surface area contributed by atoms with Crippen LogP contribution in [0.25, 0.3) is 11.0 Å². The number of fused-ring (bicyclic) bond motifs is 3. The zero-order valence-corrected chi connectivity index (χ0v) is 15.9. The molecule has 1 fully saturated rings. The molecule has 25 heavy (non-hydrogen) atoms. The number of piperidine rings is 1. The quantitative estimate of drug-likeness (QED) is 0.831. The minimum atomic E-state index is 0. The molecule has 1 aromatic carbocycles. The summed E-state index contributed by atoms with van der Waals surface area (Å²) in [6, 6.07) is 6.13. The monoisotopic (exact) mass is 384 g/mol. The van der Waals surface area contributed by atoms with Crippen LogP contribution in [0.15, 0.2) is 18.2 Å². The zero-order chi connectivity index (χ0) is 15.6. The molecular weight excluding hydrogens is 359 g/mol. The van der Waals surface area contributed by atoms with Gasteiger partial charge in [-0.15, -0.1) is 24.8 Å². The molecule has 2 aliphatic heterocycles. The smallest absolute Gasteiger partial charge is 0.228 e. The van der Waals surface area contributed by atoms with Gasteiger partial charge in [0.15, 0.2) is 0 Å². The van der Waals surface area contributed by atoms with Crippen LogP contribution in [0.5, 0.6) is 0 Å². The van der Waals surface area contributed by atoms with Crippen LogP contribution in [0.3, 0.4) is 0 Å². The van der Waals surface area contributed by atoms with E-state index in [2.05, 4.69) is 21.3 Å². The molecule has 0 saturated carbocycles. The summed E-state index contributed by atoms with van der Waals surface area (Å²) in [5.41, 5.74) is 3.06. The lowest BCUT2D eigenvalue weighted by atomic mass is 9.99. The van der Waals surface area contributed by atoms with Crippen molar-refractivity contribution >= 4 is 47.4 Å². The maximum atomic E-state index is 12.4. The van der Waals surface area contributed by atoms with Crippen molar-refractivity contribution in [3.05, 3.63) is 24.0 Å². The van der Waals surface area contributed by atoms with Gasteiger partial charge in [0, 0.05) is 25.2 Å². The second kappa shape index (κ2) is 8.88. The van der Waals surface area contributed by atoms with Crippen molar-refractivity contribution in [2.75, 3.05) is 18.4 Å². The average Bonchev–Trinajstić information content (AvgIpc) is 2.76. The number of hydrogen-bond acceptors (Lipinski definition) is 3. The van der Waals surface area contributed by atoms with Crippen molar-refractivity contribution in [3.8, 4) is 0 Å². The van der Waals surface area contributed by atoms with Gasteiger partial charge in [-0.1, -0.05) is 6.42 Å². The molecule has 1 unspecified atom stereocenters. The third-order valence-corrected chi connectivity index (χ3v) is 5.04. The van der Waals surface area contributed by atoms with Gasteiger partial charge in [-0.05, 0) is 50.4 Å². The first-order valence-corrected chi connectivity index (χ1v) is 8.82. The Labute approximate surface area is 160 Å². The highest BCUT2D eigenvalue weighted by Gasteiger charge is 2.21. The summed E-state index contributed by atoms with van der Waals surface area (Å²) in [5, 5.41) is 6.36. The van der Waals surface area contributed by atoms with Crippen LogP contribution >= 0.6 is 24.8 Å². The van der Waals surface area contributed by atoms with Crippen molar-refractivity contribution < 1.29 is 4.79 Å². The molecule has 0 spiro atoms. The van der Waals surface area contributed by atoms with E-state index in [1.54, 1.807) is 0 Å². The number of carbonyl (C=O) groups is 1. The van der Waals surface area contributed by atoms with Crippen LogP contribution in [-0.2, 0) is 17.8 Å². The van der Waals surface area contributed by atoms with Gasteiger partial charge in [0.1, 0.15) is 5.82 Å². The fourth-order valence-electron chi connectivity index (χ4n) is 3.75.